The minimum Gasteiger partial charge on any atom is -0.326 e. The highest BCUT2D eigenvalue weighted by Gasteiger charge is 2.32. The molecular weight excluding hydrogens is 302 g/mol. The maximum Gasteiger partial charge on any atom is 0.0508 e. The van der Waals surface area contributed by atoms with Crippen LogP contribution in [0.5, 0.6) is 0 Å². The molecule has 1 saturated heterocycles. The summed E-state index contributed by atoms with van der Waals surface area (Å²) in [6.45, 7) is 4.32. The van der Waals surface area contributed by atoms with Gasteiger partial charge in [0.25, 0.3) is 0 Å². The summed E-state index contributed by atoms with van der Waals surface area (Å²) in [5, 5.41) is 0. The van der Waals surface area contributed by atoms with E-state index in [1.165, 1.54) is 12.0 Å². The van der Waals surface area contributed by atoms with Crippen LogP contribution in [0.4, 0.5) is 0 Å². The lowest BCUT2D eigenvalue weighted by atomic mass is 9.99. The van der Waals surface area contributed by atoms with Crippen LogP contribution in [0.3, 0.4) is 0 Å². The first-order chi connectivity index (χ1) is 9.00. The van der Waals surface area contributed by atoms with Crippen molar-refractivity contribution < 1.29 is 0 Å². The molecule has 4 heteroatoms. The van der Waals surface area contributed by atoms with Crippen LogP contribution < -0.4 is 5.73 Å². The Hall–Kier alpha value is -0.420. The van der Waals surface area contributed by atoms with Crippen molar-refractivity contribution in [3.05, 3.63) is 34.3 Å². The van der Waals surface area contributed by atoms with Crippen LogP contribution in [0, 0.1) is 0 Å². The number of likely N-dealkylation sites (N-methyl/N-ethyl adjacent to an activating group) is 1. The third kappa shape index (κ3) is 3.37. The minimum absolute atomic E-state index is 0.125. The number of halogens is 1. The fraction of sp³-hybridized carbons (Fsp3) is 0.600. The van der Waals surface area contributed by atoms with E-state index in [1.807, 2.05) is 0 Å². The maximum atomic E-state index is 6.26. The van der Waals surface area contributed by atoms with Gasteiger partial charge in [-0.25, -0.2) is 0 Å². The van der Waals surface area contributed by atoms with Gasteiger partial charge in [-0.2, -0.15) is 0 Å². The van der Waals surface area contributed by atoms with E-state index in [0.717, 1.165) is 17.6 Å². The summed E-state index contributed by atoms with van der Waals surface area (Å²) >= 11 is 3.66. The molecule has 1 aromatic rings. The van der Waals surface area contributed by atoms with Crippen molar-refractivity contribution in [2.45, 2.75) is 31.5 Å². The molecule has 0 spiro atoms. The Morgan fingerprint density at radius 1 is 1.37 bits per heavy atom. The highest BCUT2D eigenvalue weighted by molar-refractivity contribution is 9.10. The van der Waals surface area contributed by atoms with E-state index < -0.39 is 0 Å². The molecule has 3 atom stereocenters. The van der Waals surface area contributed by atoms with Gasteiger partial charge in [-0.05, 0) is 39.1 Å². The Labute approximate surface area is 124 Å². The Morgan fingerprint density at radius 2 is 2.05 bits per heavy atom. The molecule has 106 valence electrons. The van der Waals surface area contributed by atoms with Gasteiger partial charge in [-0.1, -0.05) is 34.1 Å². The summed E-state index contributed by atoms with van der Waals surface area (Å²) in [6, 6.07) is 9.49. The minimum atomic E-state index is 0.125. The first-order valence-electron chi connectivity index (χ1n) is 6.91. The van der Waals surface area contributed by atoms with Crippen molar-refractivity contribution >= 4 is 15.9 Å². The van der Waals surface area contributed by atoms with E-state index in [2.05, 4.69) is 71.0 Å². The number of hydrogen-bond donors (Lipinski definition) is 1. The molecule has 0 amide bonds. The van der Waals surface area contributed by atoms with Crippen molar-refractivity contribution in [1.29, 1.82) is 0 Å². The number of hydrogen-bond acceptors (Lipinski definition) is 3. The third-order valence-corrected chi connectivity index (χ3v) is 4.76. The fourth-order valence-electron chi connectivity index (χ4n) is 2.97. The van der Waals surface area contributed by atoms with Gasteiger partial charge in [0.2, 0.25) is 0 Å². The van der Waals surface area contributed by atoms with E-state index in [-0.39, 0.29) is 6.04 Å². The van der Waals surface area contributed by atoms with Crippen molar-refractivity contribution in [3.8, 4) is 0 Å². The first kappa shape index (κ1) is 15.0. The van der Waals surface area contributed by atoms with Gasteiger partial charge < -0.3 is 10.6 Å². The van der Waals surface area contributed by atoms with E-state index in [1.54, 1.807) is 0 Å². The van der Waals surface area contributed by atoms with Gasteiger partial charge in [0, 0.05) is 29.6 Å². The third-order valence-electron chi connectivity index (χ3n) is 4.04. The maximum absolute atomic E-state index is 6.26. The zero-order chi connectivity index (χ0) is 14.0. The second-order valence-electron chi connectivity index (χ2n) is 5.73. The number of nitrogens with zero attached hydrogens (tertiary/aromatic N) is 2. The Balaban J connectivity index is 2.21. The van der Waals surface area contributed by atoms with Crippen molar-refractivity contribution in [2.75, 3.05) is 27.2 Å². The van der Waals surface area contributed by atoms with Gasteiger partial charge in [0.15, 0.2) is 0 Å². The molecule has 0 saturated carbocycles. The van der Waals surface area contributed by atoms with Gasteiger partial charge in [-0.15, -0.1) is 0 Å². The SMILES string of the molecule is CC(N)C(c1ccccc1Br)N1CCC(N(C)C)C1. The lowest BCUT2D eigenvalue weighted by Crippen LogP contribution is -2.40. The zero-order valence-corrected chi connectivity index (χ0v) is 13.6. The predicted molar refractivity (Wildman–Crippen MR) is 84.2 cm³/mol. The normalized spacial score (nSPS) is 23.8. The second kappa shape index (κ2) is 6.35. The average molecular weight is 326 g/mol. The summed E-state index contributed by atoms with van der Waals surface area (Å²) in [7, 11) is 4.32. The summed E-state index contributed by atoms with van der Waals surface area (Å²) in [4.78, 5) is 4.84. The average Bonchev–Trinajstić information content (AvgIpc) is 2.81. The van der Waals surface area contributed by atoms with E-state index in [4.69, 9.17) is 5.73 Å². The highest BCUT2D eigenvalue weighted by atomic mass is 79.9. The van der Waals surface area contributed by atoms with Gasteiger partial charge in [0.1, 0.15) is 0 Å². The van der Waals surface area contributed by atoms with Crippen LogP contribution in [0.15, 0.2) is 28.7 Å². The van der Waals surface area contributed by atoms with Gasteiger partial charge in [-0.3, -0.25) is 4.90 Å². The molecule has 0 bridgehead atoms. The quantitative estimate of drug-likeness (QED) is 0.923. The molecule has 0 radical (unpaired) electrons. The predicted octanol–water partition coefficient (Wildman–Crippen LogP) is 2.47. The van der Waals surface area contributed by atoms with Crippen LogP contribution in [-0.2, 0) is 0 Å². The topological polar surface area (TPSA) is 32.5 Å². The monoisotopic (exact) mass is 325 g/mol. The molecular formula is C15H24BrN3. The lowest BCUT2D eigenvalue weighted by molar-refractivity contribution is 0.196. The van der Waals surface area contributed by atoms with Crippen LogP contribution in [-0.4, -0.2) is 49.1 Å². The number of likely N-dealkylation sites (tertiary alicyclic amines) is 1. The molecule has 3 nitrogen and oxygen atoms in total. The summed E-state index contributed by atoms with van der Waals surface area (Å²) < 4.78 is 1.16. The van der Waals surface area contributed by atoms with Crippen LogP contribution in [0.2, 0.25) is 0 Å². The number of nitrogens with two attached hydrogens (primary N) is 1. The van der Waals surface area contributed by atoms with E-state index in [9.17, 15) is 0 Å². The Bertz CT molecular complexity index is 420. The van der Waals surface area contributed by atoms with E-state index >= 15 is 0 Å². The molecule has 1 heterocycles. The largest absolute Gasteiger partial charge is 0.326 e. The highest BCUT2D eigenvalue weighted by Crippen LogP contribution is 2.32. The van der Waals surface area contributed by atoms with Crippen molar-refractivity contribution in [1.82, 2.24) is 9.80 Å². The molecule has 2 rings (SSSR count). The lowest BCUT2D eigenvalue weighted by Gasteiger charge is -2.32. The number of rotatable bonds is 4. The molecule has 1 aliphatic heterocycles. The molecule has 0 aromatic heterocycles. The molecule has 0 aliphatic carbocycles. The molecule has 1 aliphatic rings. The standard InChI is InChI=1S/C15H24BrN3/c1-11(17)15(13-6-4-5-7-14(13)16)19-9-8-12(10-19)18(2)3/h4-7,11-12,15H,8-10,17H2,1-3H3. The van der Waals surface area contributed by atoms with Crippen LogP contribution >= 0.6 is 15.9 Å². The molecule has 2 N–H and O–H groups in total. The van der Waals surface area contributed by atoms with Gasteiger partial charge >= 0.3 is 0 Å². The van der Waals surface area contributed by atoms with Crippen molar-refractivity contribution in [2.24, 2.45) is 5.73 Å². The molecule has 1 fully saturated rings. The Morgan fingerprint density at radius 3 is 2.58 bits per heavy atom. The van der Waals surface area contributed by atoms with Crippen LogP contribution in [0.1, 0.15) is 24.9 Å². The summed E-state index contributed by atoms with van der Waals surface area (Å²) in [5.74, 6) is 0. The number of benzene rings is 1. The van der Waals surface area contributed by atoms with Crippen LogP contribution in [0.25, 0.3) is 0 Å². The Kier molecular flexibility index (Phi) is 5.01. The molecule has 3 unspecified atom stereocenters. The zero-order valence-electron chi connectivity index (χ0n) is 12.0. The van der Waals surface area contributed by atoms with Gasteiger partial charge in [0.05, 0.1) is 6.04 Å². The molecule has 1 aromatic carbocycles. The second-order valence-corrected chi connectivity index (χ2v) is 6.58. The van der Waals surface area contributed by atoms with E-state index in [0.29, 0.717) is 12.1 Å². The summed E-state index contributed by atoms with van der Waals surface area (Å²) in [5.41, 5.74) is 7.57. The fourth-order valence-corrected chi connectivity index (χ4v) is 3.49. The first-order valence-corrected chi connectivity index (χ1v) is 7.70. The summed E-state index contributed by atoms with van der Waals surface area (Å²) in [6.07, 6.45) is 1.22. The smallest absolute Gasteiger partial charge is 0.0508 e. The van der Waals surface area contributed by atoms with Crippen molar-refractivity contribution in [3.63, 3.8) is 0 Å². The molecule has 19 heavy (non-hydrogen) atoms.